The van der Waals surface area contributed by atoms with Gasteiger partial charge in [-0.1, -0.05) is 25.0 Å². The Kier molecular flexibility index (Phi) is 13.0. The number of nitrogens with one attached hydrogen (secondary N) is 2. The number of guanidine groups is 1. The molecule has 0 radical (unpaired) electrons. The Morgan fingerprint density at radius 3 is 2.48 bits per heavy atom. The van der Waals surface area contributed by atoms with Crippen molar-refractivity contribution >= 4 is 35.9 Å². The number of rotatable bonds is 9. The summed E-state index contributed by atoms with van der Waals surface area (Å²) < 4.78 is 18.4. The van der Waals surface area contributed by atoms with E-state index in [0.717, 1.165) is 37.8 Å². The van der Waals surface area contributed by atoms with Crippen LogP contribution < -0.4 is 10.6 Å². The Balaban J connectivity index is 0.00000676. The molecule has 0 aromatic heterocycles. The van der Waals surface area contributed by atoms with Gasteiger partial charge in [-0.15, -0.1) is 24.0 Å². The molecule has 0 aliphatic heterocycles. The van der Waals surface area contributed by atoms with E-state index in [1.807, 2.05) is 26.8 Å². The molecule has 154 valence electrons. The van der Waals surface area contributed by atoms with Crippen molar-refractivity contribution in [3.05, 3.63) is 35.6 Å². The van der Waals surface area contributed by atoms with Gasteiger partial charge in [0.2, 0.25) is 0 Å². The SMILES string of the molecule is CN=C(NCCCCCCC(=O)OC(C)(C)C)NCc1cccc(F)c1.I. The summed E-state index contributed by atoms with van der Waals surface area (Å²) >= 11 is 0. The van der Waals surface area contributed by atoms with E-state index in [1.54, 1.807) is 13.1 Å². The van der Waals surface area contributed by atoms with Gasteiger partial charge in [-0.2, -0.15) is 0 Å². The normalized spacial score (nSPS) is 11.5. The lowest BCUT2D eigenvalue weighted by molar-refractivity contribution is -0.154. The van der Waals surface area contributed by atoms with Crippen molar-refractivity contribution in [2.75, 3.05) is 13.6 Å². The van der Waals surface area contributed by atoms with Crippen molar-refractivity contribution in [2.45, 2.75) is 65.0 Å². The van der Waals surface area contributed by atoms with E-state index < -0.39 is 5.60 Å². The van der Waals surface area contributed by atoms with Crippen molar-refractivity contribution in [1.29, 1.82) is 0 Å². The van der Waals surface area contributed by atoms with Crippen LogP contribution in [0.2, 0.25) is 0 Å². The van der Waals surface area contributed by atoms with Crippen molar-refractivity contribution in [3.63, 3.8) is 0 Å². The summed E-state index contributed by atoms with van der Waals surface area (Å²) in [6.45, 7) is 6.96. The summed E-state index contributed by atoms with van der Waals surface area (Å²) in [5.41, 5.74) is 0.463. The maximum atomic E-state index is 13.2. The molecule has 1 aromatic rings. The summed E-state index contributed by atoms with van der Waals surface area (Å²) in [7, 11) is 1.71. The fraction of sp³-hybridized carbons (Fsp3) is 0.600. The van der Waals surface area contributed by atoms with Crippen molar-refractivity contribution in [3.8, 4) is 0 Å². The van der Waals surface area contributed by atoms with Gasteiger partial charge in [0, 0.05) is 26.6 Å². The molecule has 0 bridgehead atoms. The van der Waals surface area contributed by atoms with Crippen molar-refractivity contribution in [1.82, 2.24) is 10.6 Å². The minimum absolute atomic E-state index is 0. The van der Waals surface area contributed by atoms with Gasteiger partial charge in [0.1, 0.15) is 11.4 Å². The number of hydrogen-bond donors (Lipinski definition) is 2. The highest BCUT2D eigenvalue weighted by Crippen LogP contribution is 2.11. The minimum Gasteiger partial charge on any atom is -0.460 e. The number of unbranched alkanes of at least 4 members (excludes halogenated alkanes) is 3. The predicted molar refractivity (Wildman–Crippen MR) is 119 cm³/mol. The summed E-state index contributed by atoms with van der Waals surface area (Å²) in [4.78, 5) is 15.8. The molecule has 27 heavy (non-hydrogen) atoms. The van der Waals surface area contributed by atoms with Crippen molar-refractivity contribution in [2.24, 2.45) is 4.99 Å². The number of ether oxygens (including phenoxy) is 1. The average Bonchev–Trinajstić information content (AvgIpc) is 2.55. The first kappa shape index (κ1) is 25.6. The number of benzene rings is 1. The van der Waals surface area contributed by atoms with E-state index in [0.29, 0.717) is 18.9 Å². The molecular formula is C20H33FIN3O2. The van der Waals surface area contributed by atoms with E-state index in [2.05, 4.69) is 15.6 Å². The summed E-state index contributed by atoms with van der Waals surface area (Å²) in [6.07, 6.45) is 4.35. The Hall–Kier alpha value is -1.38. The van der Waals surface area contributed by atoms with Crippen LogP contribution in [0.25, 0.3) is 0 Å². The van der Waals surface area contributed by atoms with Gasteiger partial charge >= 0.3 is 5.97 Å². The second-order valence-electron chi connectivity index (χ2n) is 7.23. The van der Waals surface area contributed by atoms with E-state index >= 15 is 0 Å². The minimum atomic E-state index is -0.407. The van der Waals surface area contributed by atoms with Crippen LogP contribution in [0.1, 0.15) is 58.4 Å². The number of carbonyl (C=O) groups excluding carboxylic acids is 1. The molecule has 5 nitrogen and oxygen atoms in total. The summed E-state index contributed by atoms with van der Waals surface area (Å²) in [6, 6.07) is 6.50. The Labute approximate surface area is 179 Å². The highest BCUT2D eigenvalue weighted by molar-refractivity contribution is 14.0. The molecule has 1 rings (SSSR count). The molecule has 0 heterocycles. The Morgan fingerprint density at radius 1 is 1.15 bits per heavy atom. The van der Waals surface area contributed by atoms with Gasteiger partial charge in [-0.3, -0.25) is 9.79 Å². The van der Waals surface area contributed by atoms with Gasteiger partial charge in [0.25, 0.3) is 0 Å². The first-order valence-electron chi connectivity index (χ1n) is 9.21. The largest absolute Gasteiger partial charge is 0.460 e. The van der Waals surface area contributed by atoms with E-state index in [9.17, 15) is 9.18 Å². The third-order valence-electron chi connectivity index (χ3n) is 3.59. The molecule has 0 atom stereocenters. The van der Waals surface area contributed by atoms with E-state index in [1.165, 1.54) is 12.1 Å². The molecular weight excluding hydrogens is 460 g/mol. The number of esters is 1. The maximum Gasteiger partial charge on any atom is 0.306 e. The lowest BCUT2D eigenvalue weighted by atomic mass is 10.1. The lowest BCUT2D eigenvalue weighted by Gasteiger charge is -2.19. The second-order valence-corrected chi connectivity index (χ2v) is 7.23. The molecule has 0 amide bonds. The fourth-order valence-electron chi connectivity index (χ4n) is 2.40. The molecule has 0 spiro atoms. The quantitative estimate of drug-likeness (QED) is 0.176. The predicted octanol–water partition coefficient (Wildman–Crippen LogP) is 4.40. The second kappa shape index (κ2) is 13.7. The van der Waals surface area contributed by atoms with Crippen LogP contribution in [0.4, 0.5) is 4.39 Å². The molecule has 0 saturated heterocycles. The monoisotopic (exact) mass is 493 g/mol. The zero-order chi connectivity index (χ0) is 19.4. The highest BCUT2D eigenvalue weighted by atomic mass is 127. The first-order chi connectivity index (χ1) is 12.3. The average molecular weight is 493 g/mol. The van der Waals surface area contributed by atoms with Crippen molar-refractivity contribution < 1.29 is 13.9 Å². The summed E-state index contributed by atoms with van der Waals surface area (Å²) in [5, 5.41) is 6.40. The molecule has 0 aliphatic carbocycles. The molecule has 0 aliphatic rings. The zero-order valence-corrected chi connectivity index (χ0v) is 19.1. The number of halogens is 2. The fourth-order valence-corrected chi connectivity index (χ4v) is 2.40. The topological polar surface area (TPSA) is 62.7 Å². The van der Waals surface area contributed by atoms with Gasteiger partial charge in [-0.25, -0.2) is 4.39 Å². The number of aliphatic imine (C=N–C) groups is 1. The lowest BCUT2D eigenvalue weighted by Crippen LogP contribution is -2.37. The van der Waals surface area contributed by atoms with Gasteiger partial charge in [-0.05, 0) is 51.3 Å². The third-order valence-corrected chi connectivity index (χ3v) is 3.59. The Morgan fingerprint density at radius 2 is 1.85 bits per heavy atom. The van der Waals surface area contributed by atoms with Crippen LogP contribution in [-0.2, 0) is 16.1 Å². The number of carbonyl (C=O) groups is 1. The smallest absolute Gasteiger partial charge is 0.306 e. The van der Waals surface area contributed by atoms with Crippen LogP contribution in [0.15, 0.2) is 29.3 Å². The zero-order valence-electron chi connectivity index (χ0n) is 16.8. The first-order valence-corrected chi connectivity index (χ1v) is 9.21. The van der Waals surface area contributed by atoms with E-state index in [-0.39, 0.29) is 35.8 Å². The van der Waals surface area contributed by atoms with Crippen LogP contribution >= 0.6 is 24.0 Å². The van der Waals surface area contributed by atoms with Gasteiger partial charge in [0.15, 0.2) is 5.96 Å². The Bertz CT molecular complexity index is 589. The van der Waals surface area contributed by atoms with Gasteiger partial charge in [0.05, 0.1) is 0 Å². The number of nitrogens with zero attached hydrogens (tertiary/aromatic N) is 1. The van der Waals surface area contributed by atoms with E-state index in [4.69, 9.17) is 4.74 Å². The van der Waals surface area contributed by atoms with Crippen LogP contribution in [0.5, 0.6) is 0 Å². The molecule has 7 heteroatoms. The third kappa shape index (κ3) is 13.4. The van der Waals surface area contributed by atoms with Gasteiger partial charge < -0.3 is 15.4 Å². The molecule has 2 N–H and O–H groups in total. The molecule has 0 unspecified atom stereocenters. The number of hydrogen-bond acceptors (Lipinski definition) is 3. The molecule has 0 fully saturated rings. The van der Waals surface area contributed by atoms with Crippen LogP contribution in [-0.4, -0.2) is 31.1 Å². The molecule has 1 aromatic carbocycles. The van der Waals surface area contributed by atoms with Crippen LogP contribution in [0.3, 0.4) is 0 Å². The molecule has 0 saturated carbocycles. The van der Waals surface area contributed by atoms with Crippen LogP contribution in [0, 0.1) is 5.82 Å². The summed E-state index contributed by atoms with van der Waals surface area (Å²) in [5.74, 6) is 0.333. The highest BCUT2D eigenvalue weighted by Gasteiger charge is 2.15. The maximum absolute atomic E-state index is 13.2. The standard InChI is InChI=1S/C20H32FN3O2.HI/c1-20(2,3)26-18(25)12-7-5-6-8-13-23-19(22-4)24-15-16-10-9-11-17(21)14-16;/h9-11,14H,5-8,12-13,15H2,1-4H3,(H2,22,23,24);1H.